The molecule has 1 N–H and O–H groups in total. The third-order valence-electron chi connectivity index (χ3n) is 10.6. The van der Waals surface area contributed by atoms with Gasteiger partial charge >= 0.3 is 5.97 Å². The van der Waals surface area contributed by atoms with Crippen LogP contribution in [-0.2, 0) is 27.2 Å². The van der Waals surface area contributed by atoms with Crippen molar-refractivity contribution >= 4 is 39.4 Å². The molecule has 1 fully saturated rings. The van der Waals surface area contributed by atoms with Gasteiger partial charge in [0.05, 0.1) is 17.4 Å². The highest BCUT2D eigenvalue weighted by Crippen LogP contribution is 2.46. The monoisotopic (exact) mass is 702 g/mol. The molecule has 1 unspecified atom stereocenters. The van der Waals surface area contributed by atoms with E-state index in [2.05, 4.69) is 83.9 Å². The lowest BCUT2D eigenvalue weighted by atomic mass is 9.81. The molecule has 5 heterocycles. The molecule has 0 amide bonds. The van der Waals surface area contributed by atoms with Crippen molar-refractivity contribution in [1.29, 1.82) is 0 Å². The van der Waals surface area contributed by atoms with Gasteiger partial charge in [0.1, 0.15) is 17.4 Å². The van der Waals surface area contributed by atoms with Gasteiger partial charge in [-0.2, -0.15) is 0 Å². The normalized spacial score (nSPS) is 16.8. The number of fused-ring (bicyclic) bond motifs is 4. The van der Waals surface area contributed by atoms with Crippen LogP contribution in [0.3, 0.4) is 0 Å². The Balaban J connectivity index is 1.31. The number of esters is 1. The zero-order valence-electron chi connectivity index (χ0n) is 32.6. The first kappa shape index (κ1) is 35.9. The van der Waals surface area contributed by atoms with Gasteiger partial charge in [0, 0.05) is 59.6 Å². The maximum atomic E-state index is 13.9. The van der Waals surface area contributed by atoms with Crippen molar-refractivity contribution in [2.24, 2.45) is 5.41 Å². The summed E-state index contributed by atoms with van der Waals surface area (Å²) in [6, 6.07) is 13.3. The number of anilines is 2. The van der Waals surface area contributed by atoms with E-state index in [4.69, 9.17) is 19.4 Å². The number of nitrogens with one attached hydrogen (secondary N) is 1. The summed E-state index contributed by atoms with van der Waals surface area (Å²) < 4.78 is 12.5. The average molecular weight is 703 g/mol. The minimum absolute atomic E-state index is 0.255. The number of carbonyl (C=O) groups excluding carboxylic acids is 1. The molecule has 9 nitrogen and oxygen atoms in total. The van der Waals surface area contributed by atoms with Crippen molar-refractivity contribution in [3.8, 4) is 11.1 Å². The van der Waals surface area contributed by atoms with Crippen molar-refractivity contribution < 1.29 is 14.3 Å². The number of nitrogens with zero attached hydrogens (tertiary/aromatic N) is 5. The summed E-state index contributed by atoms with van der Waals surface area (Å²) in [4.78, 5) is 36.9. The third kappa shape index (κ3) is 6.99. The number of piperidine rings is 1. The lowest BCUT2D eigenvalue weighted by Crippen LogP contribution is -2.39. The Morgan fingerprint density at radius 3 is 2.38 bits per heavy atom. The Morgan fingerprint density at radius 2 is 1.67 bits per heavy atom. The lowest BCUT2D eigenvalue weighted by molar-refractivity contribution is -0.171. The summed E-state index contributed by atoms with van der Waals surface area (Å²) in [6.45, 7) is 24.0. The molecule has 0 bridgehead atoms. The molecule has 0 radical (unpaired) electrons. The third-order valence-corrected chi connectivity index (χ3v) is 10.6. The quantitative estimate of drug-likeness (QED) is 0.168. The molecule has 2 aliphatic heterocycles. The molecule has 274 valence electrons. The number of aromatic nitrogens is 4. The topological polar surface area (TPSA) is 96.5 Å². The Morgan fingerprint density at radius 1 is 0.923 bits per heavy atom. The fraction of sp³-hybridized carbons (Fsp3) is 0.488. The van der Waals surface area contributed by atoms with E-state index in [1.165, 1.54) is 16.7 Å². The van der Waals surface area contributed by atoms with Crippen molar-refractivity contribution in [1.82, 2.24) is 19.9 Å². The molecule has 0 spiro atoms. The van der Waals surface area contributed by atoms with E-state index < -0.39 is 11.7 Å². The predicted molar refractivity (Wildman–Crippen MR) is 210 cm³/mol. The molecular formula is C43H54N6O3. The average Bonchev–Trinajstić information content (AvgIpc) is 3.44. The molecule has 7 rings (SSSR count). The summed E-state index contributed by atoms with van der Waals surface area (Å²) in [5.74, 6) is 0.558. The number of hydrogen-bond donors (Lipinski definition) is 1. The fourth-order valence-corrected chi connectivity index (χ4v) is 7.96. The predicted octanol–water partition coefficient (Wildman–Crippen LogP) is 9.10. The molecular weight excluding hydrogens is 649 g/mol. The van der Waals surface area contributed by atoms with Crippen LogP contribution in [0.15, 0.2) is 42.7 Å². The Labute approximate surface area is 308 Å². The molecule has 2 aromatic carbocycles. The number of benzene rings is 2. The maximum absolute atomic E-state index is 13.9. The van der Waals surface area contributed by atoms with Gasteiger partial charge in [-0.05, 0) is 109 Å². The largest absolute Gasteiger partial charge is 0.461 e. The molecule has 3 aromatic heterocycles. The second kappa shape index (κ2) is 13.5. The minimum Gasteiger partial charge on any atom is -0.461 e. The van der Waals surface area contributed by atoms with Crippen LogP contribution < -0.4 is 9.80 Å². The number of hydrogen-bond acceptors (Lipinski definition) is 8. The molecule has 2 aliphatic rings. The van der Waals surface area contributed by atoms with Crippen LogP contribution in [0.1, 0.15) is 101 Å². The molecule has 5 aromatic rings. The highest BCUT2D eigenvalue weighted by molar-refractivity contribution is 6.08. The Bertz CT molecular complexity index is 2150. The fourth-order valence-electron chi connectivity index (χ4n) is 7.96. The van der Waals surface area contributed by atoms with Gasteiger partial charge in [-0.15, -0.1) is 0 Å². The zero-order valence-corrected chi connectivity index (χ0v) is 32.6. The SMILES string of the molecule is Cc1ccc2[nH]c3c(N4CCc5cc(-c6c(C)nc(C)c(C(OC(C)(C)C)C(=O)OC(C)C)c6N6CCC(C)(C)CC6)ccc5C4)ncnc3c2c1. The van der Waals surface area contributed by atoms with E-state index in [0.29, 0.717) is 0 Å². The van der Waals surface area contributed by atoms with E-state index in [1.807, 2.05) is 41.5 Å². The minimum atomic E-state index is -0.913. The highest BCUT2D eigenvalue weighted by Gasteiger charge is 2.38. The number of ether oxygens (including phenoxy) is 2. The van der Waals surface area contributed by atoms with Crippen molar-refractivity contribution in [3.05, 3.63) is 76.4 Å². The first-order valence-electron chi connectivity index (χ1n) is 18.8. The van der Waals surface area contributed by atoms with E-state index in [0.717, 1.165) is 107 Å². The summed E-state index contributed by atoms with van der Waals surface area (Å²) >= 11 is 0. The van der Waals surface area contributed by atoms with E-state index in [1.54, 1.807) is 6.33 Å². The molecule has 1 atom stereocenters. The molecule has 1 saturated heterocycles. The van der Waals surface area contributed by atoms with Crippen LogP contribution >= 0.6 is 0 Å². The van der Waals surface area contributed by atoms with Gasteiger partial charge in [0.15, 0.2) is 11.9 Å². The number of rotatable bonds is 7. The number of aryl methyl sites for hydroxylation is 3. The summed E-state index contributed by atoms with van der Waals surface area (Å²) in [7, 11) is 0. The van der Waals surface area contributed by atoms with Gasteiger partial charge in [0.2, 0.25) is 0 Å². The highest BCUT2D eigenvalue weighted by atomic mass is 16.6. The Hall–Kier alpha value is -4.50. The smallest absolute Gasteiger partial charge is 0.340 e. The first-order valence-corrected chi connectivity index (χ1v) is 18.8. The molecule has 52 heavy (non-hydrogen) atoms. The van der Waals surface area contributed by atoms with E-state index in [-0.39, 0.29) is 17.5 Å². The molecule has 0 saturated carbocycles. The number of carbonyl (C=O) groups is 1. The lowest BCUT2D eigenvalue weighted by Gasteiger charge is -2.41. The van der Waals surface area contributed by atoms with Crippen LogP contribution in [0, 0.1) is 26.2 Å². The van der Waals surface area contributed by atoms with Gasteiger partial charge in [-0.3, -0.25) is 4.98 Å². The van der Waals surface area contributed by atoms with Crippen LogP contribution in [0.2, 0.25) is 0 Å². The van der Waals surface area contributed by atoms with Crippen molar-refractivity contribution in [3.63, 3.8) is 0 Å². The second-order valence-electron chi connectivity index (χ2n) is 16.9. The number of pyridine rings is 1. The van der Waals surface area contributed by atoms with E-state index in [9.17, 15) is 4.79 Å². The van der Waals surface area contributed by atoms with Gasteiger partial charge in [-0.1, -0.05) is 43.7 Å². The van der Waals surface area contributed by atoms with Crippen LogP contribution in [-0.4, -0.2) is 57.2 Å². The van der Waals surface area contributed by atoms with Crippen molar-refractivity contribution in [2.75, 3.05) is 29.4 Å². The number of H-pyrrole nitrogens is 1. The van der Waals surface area contributed by atoms with Gasteiger partial charge < -0.3 is 24.3 Å². The molecule has 9 heteroatoms. The van der Waals surface area contributed by atoms with E-state index >= 15 is 0 Å². The maximum Gasteiger partial charge on any atom is 0.340 e. The molecule has 0 aliphatic carbocycles. The van der Waals surface area contributed by atoms with Gasteiger partial charge in [0.25, 0.3) is 0 Å². The number of aromatic amines is 1. The summed E-state index contributed by atoms with van der Waals surface area (Å²) in [5.41, 5.74) is 12.3. The first-order chi connectivity index (χ1) is 24.6. The van der Waals surface area contributed by atoms with Crippen LogP contribution in [0.5, 0.6) is 0 Å². The van der Waals surface area contributed by atoms with Crippen molar-refractivity contribution in [2.45, 2.75) is 113 Å². The second-order valence-corrected chi connectivity index (χ2v) is 16.9. The summed E-state index contributed by atoms with van der Waals surface area (Å²) in [5, 5.41) is 1.13. The van der Waals surface area contributed by atoms with Crippen LogP contribution in [0.4, 0.5) is 11.5 Å². The zero-order chi connectivity index (χ0) is 37.1. The standard InChI is InChI=1S/C43H54N6O3/c1-25(2)51-41(50)39(52-42(6,7)8)35-28(5)46-27(4)34(38(35)48-19-16-43(9,10)17-20-48)30-12-13-31-23-49(18-15-29(31)22-30)40-37-36(44-24-45-40)32-21-26(3)11-14-33(32)47-37/h11-14,21-22,24-25,39,47H,15-20,23H2,1-10H3. The summed E-state index contributed by atoms with van der Waals surface area (Å²) in [6.07, 6.45) is 3.49. The Kier molecular flexibility index (Phi) is 9.30. The van der Waals surface area contributed by atoms with Crippen LogP contribution in [0.25, 0.3) is 33.1 Å². The van der Waals surface area contributed by atoms with Gasteiger partial charge in [-0.25, -0.2) is 14.8 Å².